The molecule has 0 saturated carbocycles. The zero-order valence-electron chi connectivity index (χ0n) is 9.98. The van der Waals surface area contributed by atoms with Crippen molar-refractivity contribution >= 4 is 5.97 Å². The molecule has 16 heavy (non-hydrogen) atoms. The highest BCUT2D eigenvalue weighted by Gasteiger charge is 2.12. The topological polar surface area (TPSA) is 52.6 Å². The Morgan fingerprint density at radius 3 is 2.75 bits per heavy atom. The van der Waals surface area contributed by atoms with Crippen LogP contribution in [-0.2, 0) is 4.79 Å². The summed E-state index contributed by atoms with van der Waals surface area (Å²) in [5.41, 5.74) is 0. The number of aliphatic carboxylic acids is 1. The highest BCUT2D eigenvalue weighted by Crippen LogP contribution is 2.08. The molecule has 1 aliphatic rings. The summed E-state index contributed by atoms with van der Waals surface area (Å²) in [7, 11) is 0. The number of hydrogen-bond donors (Lipinski definition) is 2. The molecular weight excluding hydrogens is 204 g/mol. The van der Waals surface area contributed by atoms with Gasteiger partial charge < -0.3 is 15.3 Å². The van der Waals surface area contributed by atoms with E-state index in [2.05, 4.69) is 17.1 Å². The number of piperidine rings is 1. The SMILES string of the molecule is CC(CN1CCCCC1)NC/C=C/C(=O)O. The van der Waals surface area contributed by atoms with Crippen molar-refractivity contribution in [3.8, 4) is 0 Å². The van der Waals surface area contributed by atoms with Gasteiger partial charge in [-0.2, -0.15) is 0 Å². The molecule has 0 radical (unpaired) electrons. The number of likely N-dealkylation sites (tertiary alicyclic amines) is 1. The Balaban J connectivity index is 2.09. The second-order valence-corrected chi connectivity index (χ2v) is 4.41. The number of hydrogen-bond acceptors (Lipinski definition) is 3. The number of nitrogens with zero attached hydrogens (tertiary/aromatic N) is 1. The molecule has 0 aromatic carbocycles. The lowest BCUT2D eigenvalue weighted by Crippen LogP contribution is -2.41. The smallest absolute Gasteiger partial charge is 0.328 e. The molecule has 4 heteroatoms. The third-order valence-electron chi connectivity index (χ3n) is 2.83. The average molecular weight is 226 g/mol. The molecule has 1 saturated heterocycles. The second kappa shape index (κ2) is 7.41. The molecular formula is C12H22N2O2. The van der Waals surface area contributed by atoms with Crippen molar-refractivity contribution in [1.29, 1.82) is 0 Å². The van der Waals surface area contributed by atoms with E-state index in [1.807, 2.05) is 0 Å². The molecule has 0 amide bonds. The maximum absolute atomic E-state index is 10.2. The van der Waals surface area contributed by atoms with Crippen LogP contribution in [0.2, 0.25) is 0 Å². The van der Waals surface area contributed by atoms with Gasteiger partial charge in [0.25, 0.3) is 0 Å². The summed E-state index contributed by atoms with van der Waals surface area (Å²) in [6, 6.07) is 0.413. The van der Waals surface area contributed by atoms with Gasteiger partial charge in [-0.15, -0.1) is 0 Å². The van der Waals surface area contributed by atoms with E-state index in [-0.39, 0.29) is 0 Å². The lowest BCUT2D eigenvalue weighted by molar-refractivity contribution is -0.131. The summed E-state index contributed by atoms with van der Waals surface area (Å²) >= 11 is 0. The van der Waals surface area contributed by atoms with Gasteiger partial charge in [0.15, 0.2) is 0 Å². The first-order chi connectivity index (χ1) is 7.68. The van der Waals surface area contributed by atoms with Crippen LogP contribution in [0, 0.1) is 0 Å². The first kappa shape index (κ1) is 13.2. The molecule has 1 aliphatic heterocycles. The number of carboxylic acid groups (broad SMARTS) is 1. The van der Waals surface area contributed by atoms with E-state index < -0.39 is 5.97 Å². The third-order valence-corrected chi connectivity index (χ3v) is 2.83. The van der Waals surface area contributed by atoms with Gasteiger partial charge in [0.2, 0.25) is 0 Å². The second-order valence-electron chi connectivity index (χ2n) is 4.41. The van der Waals surface area contributed by atoms with Crippen LogP contribution in [0.25, 0.3) is 0 Å². The lowest BCUT2D eigenvalue weighted by atomic mass is 10.1. The van der Waals surface area contributed by atoms with Gasteiger partial charge in [-0.25, -0.2) is 4.79 Å². The third kappa shape index (κ3) is 5.88. The summed E-state index contributed by atoms with van der Waals surface area (Å²) in [5, 5.41) is 11.7. The first-order valence-electron chi connectivity index (χ1n) is 6.03. The fourth-order valence-corrected chi connectivity index (χ4v) is 2.02. The van der Waals surface area contributed by atoms with Crippen LogP contribution in [0.1, 0.15) is 26.2 Å². The average Bonchev–Trinajstić information content (AvgIpc) is 2.25. The van der Waals surface area contributed by atoms with Gasteiger partial charge in [-0.3, -0.25) is 0 Å². The van der Waals surface area contributed by atoms with Crippen LogP contribution in [0.3, 0.4) is 0 Å². The van der Waals surface area contributed by atoms with E-state index in [4.69, 9.17) is 5.11 Å². The predicted molar refractivity (Wildman–Crippen MR) is 64.5 cm³/mol. The summed E-state index contributed by atoms with van der Waals surface area (Å²) < 4.78 is 0. The number of nitrogens with one attached hydrogen (secondary N) is 1. The Bertz CT molecular complexity index is 235. The highest BCUT2D eigenvalue weighted by atomic mass is 16.4. The van der Waals surface area contributed by atoms with Gasteiger partial charge in [-0.05, 0) is 32.9 Å². The Morgan fingerprint density at radius 1 is 1.44 bits per heavy atom. The van der Waals surface area contributed by atoms with Crippen molar-refractivity contribution in [2.75, 3.05) is 26.2 Å². The summed E-state index contributed by atoms with van der Waals surface area (Å²) in [6.07, 6.45) is 6.81. The number of carbonyl (C=O) groups is 1. The molecule has 2 N–H and O–H groups in total. The predicted octanol–water partition coefficient (Wildman–Crippen LogP) is 1.09. The minimum absolute atomic E-state index is 0.413. The first-order valence-corrected chi connectivity index (χ1v) is 6.03. The van der Waals surface area contributed by atoms with Gasteiger partial charge in [0, 0.05) is 25.2 Å². The summed E-state index contributed by atoms with van der Waals surface area (Å²) in [4.78, 5) is 12.7. The Hall–Kier alpha value is -0.870. The molecule has 0 aliphatic carbocycles. The maximum atomic E-state index is 10.2. The van der Waals surface area contributed by atoms with Gasteiger partial charge in [0.05, 0.1) is 0 Å². The molecule has 1 unspecified atom stereocenters. The number of rotatable bonds is 6. The van der Waals surface area contributed by atoms with Gasteiger partial charge in [0.1, 0.15) is 0 Å². The zero-order chi connectivity index (χ0) is 11.8. The summed E-state index contributed by atoms with van der Waals surface area (Å²) in [5.74, 6) is -0.884. The molecule has 1 heterocycles. The standard InChI is InChI=1S/C12H22N2O2/c1-11(13-7-5-6-12(15)16)10-14-8-3-2-4-9-14/h5-6,11,13H,2-4,7-10H2,1H3,(H,15,16)/b6-5+. The van der Waals surface area contributed by atoms with Crippen LogP contribution < -0.4 is 5.32 Å². The minimum atomic E-state index is -0.884. The Kier molecular flexibility index (Phi) is 6.11. The fraction of sp³-hybridized carbons (Fsp3) is 0.750. The molecule has 92 valence electrons. The summed E-state index contributed by atoms with van der Waals surface area (Å²) in [6.45, 7) is 6.24. The monoisotopic (exact) mass is 226 g/mol. The van der Waals surface area contributed by atoms with Crippen LogP contribution in [0.5, 0.6) is 0 Å². The van der Waals surface area contributed by atoms with Crippen molar-refractivity contribution < 1.29 is 9.90 Å². The highest BCUT2D eigenvalue weighted by molar-refractivity contribution is 5.79. The van der Waals surface area contributed by atoms with E-state index >= 15 is 0 Å². The van der Waals surface area contributed by atoms with Crippen molar-refractivity contribution in [3.05, 3.63) is 12.2 Å². The van der Waals surface area contributed by atoms with E-state index in [0.29, 0.717) is 12.6 Å². The Morgan fingerprint density at radius 2 is 2.12 bits per heavy atom. The quantitative estimate of drug-likeness (QED) is 0.666. The molecule has 0 bridgehead atoms. The molecule has 1 fully saturated rings. The Labute approximate surface area is 97.3 Å². The van der Waals surface area contributed by atoms with Crippen molar-refractivity contribution in [2.24, 2.45) is 0 Å². The van der Waals surface area contributed by atoms with Crippen LogP contribution in [-0.4, -0.2) is 48.2 Å². The van der Waals surface area contributed by atoms with Crippen molar-refractivity contribution in [1.82, 2.24) is 10.2 Å². The van der Waals surface area contributed by atoms with E-state index in [1.54, 1.807) is 6.08 Å². The lowest BCUT2D eigenvalue weighted by Gasteiger charge is -2.29. The van der Waals surface area contributed by atoms with E-state index in [9.17, 15) is 4.79 Å². The van der Waals surface area contributed by atoms with Crippen molar-refractivity contribution in [2.45, 2.75) is 32.2 Å². The molecule has 1 rings (SSSR count). The van der Waals surface area contributed by atoms with Crippen LogP contribution in [0.15, 0.2) is 12.2 Å². The van der Waals surface area contributed by atoms with Crippen molar-refractivity contribution in [3.63, 3.8) is 0 Å². The van der Waals surface area contributed by atoms with E-state index in [1.165, 1.54) is 38.4 Å². The number of carboxylic acids is 1. The largest absolute Gasteiger partial charge is 0.478 e. The minimum Gasteiger partial charge on any atom is -0.478 e. The van der Waals surface area contributed by atoms with Crippen LogP contribution in [0.4, 0.5) is 0 Å². The van der Waals surface area contributed by atoms with E-state index in [0.717, 1.165) is 6.54 Å². The molecule has 0 aromatic rings. The zero-order valence-corrected chi connectivity index (χ0v) is 9.98. The molecule has 1 atom stereocenters. The molecule has 4 nitrogen and oxygen atoms in total. The molecule has 0 aromatic heterocycles. The fourth-order valence-electron chi connectivity index (χ4n) is 2.02. The maximum Gasteiger partial charge on any atom is 0.328 e. The van der Waals surface area contributed by atoms with Gasteiger partial charge in [-0.1, -0.05) is 12.5 Å². The molecule has 0 spiro atoms. The normalized spacial score (nSPS) is 20.1. The van der Waals surface area contributed by atoms with Gasteiger partial charge >= 0.3 is 5.97 Å². The van der Waals surface area contributed by atoms with Crippen LogP contribution >= 0.6 is 0 Å².